The lowest BCUT2D eigenvalue weighted by molar-refractivity contribution is 0.0696. The summed E-state index contributed by atoms with van der Waals surface area (Å²) in [5.74, 6) is -1.06. The number of carboxylic acid groups (broad SMARTS) is 1. The fourth-order valence-corrected chi connectivity index (χ4v) is 4.24. The van der Waals surface area contributed by atoms with E-state index >= 15 is 0 Å². The number of carboxylic acids is 1. The molecule has 1 atom stereocenters. The fraction of sp³-hybridized carbons (Fsp3) is 0.462. The molecule has 0 saturated carbocycles. The van der Waals surface area contributed by atoms with Crippen molar-refractivity contribution in [2.24, 2.45) is 0 Å². The number of aromatic carboxylic acids is 1. The van der Waals surface area contributed by atoms with Gasteiger partial charge in [0, 0.05) is 12.6 Å². The summed E-state index contributed by atoms with van der Waals surface area (Å²) >= 11 is 0. The number of methoxy groups -OCH3 is 1. The second-order valence-corrected chi connectivity index (χ2v) is 6.64. The normalized spacial score (nSPS) is 20.0. The van der Waals surface area contributed by atoms with Gasteiger partial charge in [-0.2, -0.15) is 4.31 Å². The van der Waals surface area contributed by atoms with Crippen molar-refractivity contribution in [1.82, 2.24) is 4.31 Å². The molecule has 0 amide bonds. The Bertz CT molecular complexity index is 626. The van der Waals surface area contributed by atoms with Crippen LogP contribution in [-0.4, -0.2) is 43.5 Å². The molecule has 0 radical (unpaired) electrons. The number of hydrogen-bond acceptors (Lipinski definition) is 4. The second kappa shape index (κ2) is 5.41. The van der Waals surface area contributed by atoms with Crippen molar-refractivity contribution in [3.63, 3.8) is 0 Å². The van der Waals surface area contributed by atoms with E-state index in [-0.39, 0.29) is 22.3 Å². The van der Waals surface area contributed by atoms with Gasteiger partial charge in [-0.3, -0.25) is 0 Å². The molecule has 0 spiro atoms. The largest absolute Gasteiger partial charge is 0.495 e. The molecule has 1 aromatic carbocycles. The van der Waals surface area contributed by atoms with E-state index in [1.807, 2.05) is 6.92 Å². The number of nitrogens with zero attached hydrogens (tertiary/aromatic N) is 1. The van der Waals surface area contributed by atoms with E-state index in [0.29, 0.717) is 6.54 Å². The molecule has 0 aromatic heterocycles. The first-order valence-corrected chi connectivity index (χ1v) is 7.75. The van der Waals surface area contributed by atoms with Crippen molar-refractivity contribution >= 4 is 16.0 Å². The molecule has 2 rings (SSSR count). The quantitative estimate of drug-likeness (QED) is 0.912. The Hall–Kier alpha value is -1.60. The minimum Gasteiger partial charge on any atom is -0.495 e. The van der Waals surface area contributed by atoms with Gasteiger partial charge in [-0.15, -0.1) is 0 Å². The van der Waals surface area contributed by atoms with Gasteiger partial charge in [-0.25, -0.2) is 13.2 Å². The van der Waals surface area contributed by atoms with Crippen LogP contribution in [0.15, 0.2) is 23.1 Å². The van der Waals surface area contributed by atoms with Crippen LogP contribution in [0.5, 0.6) is 5.75 Å². The zero-order chi connectivity index (χ0) is 14.9. The lowest BCUT2D eigenvalue weighted by Gasteiger charge is -2.22. The van der Waals surface area contributed by atoms with Crippen LogP contribution in [0.25, 0.3) is 0 Å². The number of sulfonamides is 1. The van der Waals surface area contributed by atoms with Crippen LogP contribution in [0.4, 0.5) is 0 Å². The summed E-state index contributed by atoms with van der Waals surface area (Å²) in [5.41, 5.74) is -0.00438. The van der Waals surface area contributed by atoms with Crippen molar-refractivity contribution in [2.45, 2.75) is 30.7 Å². The van der Waals surface area contributed by atoms with E-state index in [0.717, 1.165) is 12.8 Å². The van der Waals surface area contributed by atoms with E-state index in [1.54, 1.807) is 0 Å². The Kier molecular flexibility index (Phi) is 4.01. The molecule has 7 heteroatoms. The van der Waals surface area contributed by atoms with Crippen LogP contribution >= 0.6 is 0 Å². The third-order valence-corrected chi connectivity index (χ3v) is 5.54. The molecule has 0 bridgehead atoms. The van der Waals surface area contributed by atoms with Crippen LogP contribution in [-0.2, 0) is 10.0 Å². The molecular weight excluding hydrogens is 282 g/mol. The first-order valence-electron chi connectivity index (χ1n) is 6.31. The Labute approximate surface area is 118 Å². The highest BCUT2D eigenvalue weighted by Crippen LogP contribution is 2.31. The minimum absolute atomic E-state index is 0.00438. The summed E-state index contributed by atoms with van der Waals surface area (Å²) in [6.45, 7) is 2.34. The molecule has 1 aliphatic rings. The zero-order valence-corrected chi connectivity index (χ0v) is 12.2. The summed E-state index contributed by atoms with van der Waals surface area (Å²) in [4.78, 5) is 10.9. The fourth-order valence-electron chi connectivity index (χ4n) is 2.40. The Morgan fingerprint density at radius 2 is 2.15 bits per heavy atom. The molecule has 1 aliphatic heterocycles. The van der Waals surface area contributed by atoms with E-state index in [2.05, 4.69) is 0 Å². The van der Waals surface area contributed by atoms with Gasteiger partial charge in [-0.1, -0.05) is 0 Å². The first-order chi connectivity index (χ1) is 9.37. The van der Waals surface area contributed by atoms with Crippen molar-refractivity contribution in [3.8, 4) is 5.75 Å². The highest BCUT2D eigenvalue weighted by Gasteiger charge is 2.34. The molecule has 20 heavy (non-hydrogen) atoms. The average Bonchev–Trinajstić information content (AvgIpc) is 2.84. The van der Waals surface area contributed by atoms with Crippen LogP contribution in [0.2, 0.25) is 0 Å². The van der Waals surface area contributed by atoms with E-state index in [4.69, 9.17) is 9.84 Å². The molecule has 1 unspecified atom stereocenters. The molecule has 110 valence electrons. The lowest BCUT2D eigenvalue weighted by Crippen LogP contribution is -2.33. The van der Waals surface area contributed by atoms with Gasteiger partial charge in [0.25, 0.3) is 0 Å². The van der Waals surface area contributed by atoms with Crippen molar-refractivity contribution in [1.29, 1.82) is 0 Å². The summed E-state index contributed by atoms with van der Waals surface area (Å²) in [7, 11) is -2.33. The van der Waals surface area contributed by atoms with Crippen LogP contribution in [0.1, 0.15) is 30.1 Å². The number of rotatable bonds is 4. The second-order valence-electron chi connectivity index (χ2n) is 4.78. The first kappa shape index (κ1) is 14.8. The molecule has 1 aromatic rings. The van der Waals surface area contributed by atoms with Crippen molar-refractivity contribution in [2.75, 3.05) is 13.7 Å². The Balaban J connectivity index is 2.49. The van der Waals surface area contributed by atoms with Crippen LogP contribution in [0.3, 0.4) is 0 Å². The standard InChI is InChI=1S/C13H17NO5S/c1-9-4-3-7-14(9)20(17,18)12-6-5-10(13(15)16)8-11(12)19-2/h5-6,8-9H,3-4,7H2,1-2H3,(H,15,16). The van der Waals surface area contributed by atoms with Crippen molar-refractivity contribution in [3.05, 3.63) is 23.8 Å². The summed E-state index contributed by atoms with van der Waals surface area (Å²) in [5, 5.41) is 8.94. The maximum absolute atomic E-state index is 12.6. The smallest absolute Gasteiger partial charge is 0.335 e. The van der Waals surface area contributed by atoms with Gasteiger partial charge >= 0.3 is 5.97 Å². The zero-order valence-electron chi connectivity index (χ0n) is 11.4. The summed E-state index contributed by atoms with van der Waals surface area (Å²) in [6, 6.07) is 3.75. The van der Waals surface area contributed by atoms with Gasteiger partial charge in [0.1, 0.15) is 10.6 Å². The van der Waals surface area contributed by atoms with Gasteiger partial charge in [0.2, 0.25) is 10.0 Å². The van der Waals surface area contributed by atoms with E-state index in [1.165, 1.54) is 29.6 Å². The molecular formula is C13H17NO5S. The van der Waals surface area contributed by atoms with Gasteiger partial charge in [-0.05, 0) is 38.0 Å². The predicted octanol–water partition coefficient (Wildman–Crippen LogP) is 1.57. The average molecular weight is 299 g/mol. The van der Waals surface area contributed by atoms with Gasteiger partial charge in [0.05, 0.1) is 12.7 Å². The van der Waals surface area contributed by atoms with Gasteiger partial charge in [0.15, 0.2) is 0 Å². The molecule has 1 heterocycles. The highest BCUT2D eigenvalue weighted by atomic mass is 32.2. The Morgan fingerprint density at radius 3 is 2.65 bits per heavy atom. The number of ether oxygens (including phenoxy) is 1. The van der Waals surface area contributed by atoms with E-state index in [9.17, 15) is 13.2 Å². The number of hydrogen-bond donors (Lipinski definition) is 1. The summed E-state index contributed by atoms with van der Waals surface area (Å²) in [6.07, 6.45) is 1.66. The number of benzene rings is 1. The predicted molar refractivity (Wildman–Crippen MR) is 72.5 cm³/mol. The monoisotopic (exact) mass is 299 g/mol. The molecule has 1 N–H and O–H groups in total. The molecule has 6 nitrogen and oxygen atoms in total. The molecule has 1 fully saturated rings. The third kappa shape index (κ3) is 2.51. The Morgan fingerprint density at radius 1 is 1.45 bits per heavy atom. The maximum Gasteiger partial charge on any atom is 0.335 e. The van der Waals surface area contributed by atoms with Gasteiger partial charge < -0.3 is 9.84 Å². The minimum atomic E-state index is -3.66. The maximum atomic E-state index is 12.6. The third-order valence-electron chi connectivity index (χ3n) is 3.49. The lowest BCUT2D eigenvalue weighted by atomic mass is 10.2. The summed E-state index contributed by atoms with van der Waals surface area (Å²) < 4.78 is 31.7. The van der Waals surface area contributed by atoms with Crippen LogP contribution in [0, 0.1) is 0 Å². The van der Waals surface area contributed by atoms with Crippen LogP contribution < -0.4 is 4.74 Å². The number of carbonyl (C=O) groups is 1. The van der Waals surface area contributed by atoms with E-state index < -0.39 is 16.0 Å². The SMILES string of the molecule is COc1cc(C(=O)O)ccc1S(=O)(=O)N1CCCC1C. The molecule has 1 saturated heterocycles. The van der Waals surface area contributed by atoms with Crippen molar-refractivity contribution < 1.29 is 23.1 Å². The topological polar surface area (TPSA) is 83.9 Å². The molecule has 0 aliphatic carbocycles. The highest BCUT2D eigenvalue weighted by molar-refractivity contribution is 7.89.